The van der Waals surface area contributed by atoms with Gasteiger partial charge in [-0.15, -0.1) is 0 Å². The van der Waals surface area contributed by atoms with Crippen LogP contribution in [0.1, 0.15) is 32.1 Å². The molecule has 0 spiro atoms. The molecule has 1 rings (SSSR count). The van der Waals surface area contributed by atoms with Crippen molar-refractivity contribution >= 4 is 0 Å². The van der Waals surface area contributed by atoms with E-state index < -0.39 is 0 Å². The molecule has 16 heavy (non-hydrogen) atoms. The normalized spacial score (nSPS) is 10.8. The first-order valence-electron chi connectivity index (χ1n) is 6.08. The number of aliphatic hydroxyl groups is 1. The predicted molar refractivity (Wildman–Crippen MR) is 63.2 cm³/mol. The summed E-state index contributed by atoms with van der Waals surface area (Å²) < 4.78 is 7.30. The van der Waals surface area contributed by atoms with Crippen molar-refractivity contribution in [1.29, 1.82) is 0 Å². The Bertz CT molecular complexity index is 237. The summed E-state index contributed by atoms with van der Waals surface area (Å²) in [5.74, 6) is 0. The van der Waals surface area contributed by atoms with Crippen LogP contribution in [0.3, 0.4) is 0 Å². The minimum atomic E-state index is 0.130. The summed E-state index contributed by atoms with van der Waals surface area (Å²) >= 11 is 0. The van der Waals surface area contributed by atoms with Gasteiger partial charge in [0.1, 0.15) is 0 Å². The van der Waals surface area contributed by atoms with Crippen molar-refractivity contribution in [3.63, 3.8) is 0 Å². The van der Waals surface area contributed by atoms with Crippen LogP contribution in [0.4, 0.5) is 0 Å². The van der Waals surface area contributed by atoms with Gasteiger partial charge in [-0.25, -0.2) is 4.98 Å². The first-order chi connectivity index (χ1) is 7.93. The third-order valence-electron chi connectivity index (χ3n) is 2.50. The number of nitrogens with zero attached hydrogens (tertiary/aromatic N) is 2. The number of aryl methyl sites for hydroxylation is 1. The molecule has 4 heteroatoms. The van der Waals surface area contributed by atoms with Crippen molar-refractivity contribution in [3.8, 4) is 0 Å². The molecule has 4 nitrogen and oxygen atoms in total. The Morgan fingerprint density at radius 3 is 2.62 bits per heavy atom. The fourth-order valence-electron chi connectivity index (χ4n) is 1.61. The van der Waals surface area contributed by atoms with E-state index in [2.05, 4.69) is 9.55 Å². The summed E-state index contributed by atoms with van der Waals surface area (Å²) in [5, 5.41) is 8.50. The van der Waals surface area contributed by atoms with E-state index in [1.807, 2.05) is 18.7 Å². The van der Waals surface area contributed by atoms with Crippen LogP contribution in [0.2, 0.25) is 0 Å². The molecule has 0 aliphatic rings. The van der Waals surface area contributed by atoms with E-state index >= 15 is 0 Å². The minimum absolute atomic E-state index is 0.130. The summed E-state index contributed by atoms with van der Waals surface area (Å²) in [4.78, 5) is 4.01. The number of ether oxygens (including phenoxy) is 1. The lowest BCUT2D eigenvalue weighted by molar-refractivity contribution is 0.0895. The summed E-state index contributed by atoms with van der Waals surface area (Å²) in [6, 6.07) is 0. The smallest absolute Gasteiger partial charge is 0.0945 e. The van der Waals surface area contributed by atoms with Crippen molar-refractivity contribution in [2.24, 2.45) is 0 Å². The minimum Gasteiger partial charge on any atom is -0.394 e. The van der Waals surface area contributed by atoms with Gasteiger partial charge in [-0.2, -0.15) is 0 Å². The fraction of sp³-hybridized carbons (Fsp3) is 0.750. The highest BCUT2D eigenvalue weighted by atomic mass is 16.5. The second-order valence-electron chi connectivity index (χ2n) is 3.90. The number of imidazole rings is 1. The number of unbranched alkanes of at least 4 members (excludes halogenated alkanes) is 4. The molecule has 0 saturated carbocycles. The van der Waals surface area contributed by atoms with Gasteiger partial charge in [-0.3, -0.25) is 0 Å². The fourth-order valence-corrected chi connectivity index (χ4v) is 1.61. The summed E-state index contributed by atoms with van der Waals surface area (Å²) in [5.41, 5.74) is 0. The van der Waals surface area contributed by atoms with Crippen molar-refractivity contribution in [2.75, 3.05) is 19.8 Å². The van der Waals surface area contributed by atoms with E-state index in [4.69, 9.17) is 9.84 Å². The van der Waals surface area contributed by atoms with Gasteiger partial charge in [0.15, 0.2) is 0 Å². The van der Waals surface area contributed by atoms with Gasteiger partial charge in [-0.1, -0.05) is 19.3 Å². The van der Waals surface area contributed by atoms with Crippen molar-refractivity contribution in [2.45, 2.75) is 38.6 Å². The molecule has 1 aromatic rings. The molecule has 0 radical (unpaired) electrons. The lowest BCUT2D eigenvalue weighted by Gasteiger charge is -2.03. The molecule has 0 aliphatic heterocycles. The van der Waals surface area contributed by atoms with Gasteiger partial charge in [0.25, 0.3) is 0 Å². The molecule has 0 unspecified atom stereocenters. The topological polar surface area (TPSA) is 47.3 Å². The predicted octanol–water partition coefficient (Wildman–Crippen LogP) is 1.84. The monoisotopic (exact) mass is 226 g/mol. The van der Waals surface area contributed by atoms with Gasteiger partial charge < -0.3 is 14.4 Å². The SMILES string of the molecule is OCCOCCCCCCCn1ccnc1. The molecule has 0 aromatic carbocycles. The lowest BCUT2D eigenvalue weighted by atomic mass is 10.1. The quantitative estimate of drug-likeness (QED) is 0.619. The second kappa shape index (κ2) is 9.36. The van der Waals surface area contributed by atoms with E-state index in [9.17, 15) is 0 Å². The molecular formula is C12H22N2O2. The molecule has 0 saturated heterocycles. The maximum absolute atomic E-state index is 8.50. The maximum atomic E-state index is 8.50. The van der Waals surface area contributed by atoms with Crippen LogP contribution in [-0.4, -0.2) is 34.5 Å². The molecule has 0 fully saturated rings. The van der Waals surface area contributed by atoms with Gasteiger partial charge in [0, 0.05) is 25.5 Å². The van der Waals surface area contributed by atoms with E-state index in [0.29, 0.717) is 6.61 Å². The van der Waals surface area contributed by atoms with E-state index in [0.717, 1.165) is 19.6 Å². The standard InChI is InChI=1S/C12H22N2O2/c15-9-11-16-10-5-3-1-2-4-7-14-8-6-13-12-14/h6,8,12,15H,1-5,7,9-11H2. The lowest BCUT2D eigenvalue weighted by Crippen LogP contribution is -2.00. The summed E-state index contributed by atoms with van der Waals surface area (Å²) in [7, 11) is 0. The molecule has 0 aliphatic carbocycles. The highest BCUT2D eigenvalue weighted by Gasteiger charge is 1.93. The number of hydrogen-bond donors (Lipinski definition) is 1. The van der Waals surface area contributed by atoms with Gasteiger partial charge in [-0.05, 0) is 12.8 Å². The van der Waals surface area contributed by atoms with Gasteiger partial charge >= 0.3 is 0 Å². The third kappa shape index (κ3) is 6.58. The zero-order chi connectivity index (χ0) is 11.5. The third-order valence-corrected chi connectivity index (χ3v) is 2.50. The molecule has 92 valence electrons. The van der Waals surface area contributed by atoms with Gasteiger partial charge in [0.2, 0.25) is 0 Å². The molecule has 1 N–H and O–H groups in total. The number of aromatic nitrogens is 2. The molecule has 1 heterocycles. The van der Waals surface area contributed by atoms with Crippen LogP contribution in [-0.2, 0) is 11.3 Å². The highest BCUT2D eigenvalue weighted by Crippen LogP contribution is 2.04. The Labute approximate surface area is 97.3 Å². The Balaban J connectivity index is 1.78. The number of hydrogen-bond acceptors (Lipinski definition) is 3. The zero-order valence-electron chi connectivity index (χ0n) is 9.85. The summed E-state index contributed by atoms with van der Waals surface area (Å²) in [6.45, 7) is 2.45. The van der Waals surface area contributed by atoms with Crippen LogP contribution in [0.25, 0.3) is 0 Å². The first kappa shape index (κ1) is 13.2. The van der Waals surface area contributed by atoms with Crippen LogP contribution in [0.5, 0.6) is 0 Å². The average Bonchev–Trinajstić information content (AvgIpc) is 2.80. The Morgan fingerprint density at radius 2 is 1.88 bits per heavy atom. The highest BCUT2D eigenvalue weighted by molar-refractivity contribution is 4.73. The van der Waals surface area contributed by atoms with Crippen molar-refractivity contribution in [1.82, 2.24) is 9.55 Å². The summed E-state index contributed by atoms with van der Waals surface area (Å²) in [6.07, 6.45) is 11.7. The molecule has 0 atom stereocenters. The average molecular weight is 226 g/mol. The zero-order valence-corrected chi connectivity index (χ0v) is 9.85. The molecule has 0 bridgehead atoms. The van der Waals surface area contributed by atoms with Crippen LogP contribution >= 0.6 is 0 Å². The van der Waals surface area contributed by atoms with E-state index in [-0.39, 0.29) is 6.61 Å². The van der Waals surface area contributed by atoms with Crippen LogP contribution in [0.15, 0.2) is 18.7 Å². The molecule has 1 aromatic heterocycles. The Morgan fingerprint density at radius 1 is 1.06 bits per heavy atom. The Hall–Kier alpha value is -0.870. The molecule has 0 amide bonds. The van der Waals surface area contributed by atoms with Crippen molar-refractivity contribution in [3.05, 3.63) is 18.7 Å². The number of aliphatic hydroxyl groups excluding tert-OH is 1. The largest absolute Gasteiger partial charge is 0.394 e. The van der Waals surface area contributed by atoms with E-state index in [1.165, 1.54) is 25.7 Å². The van der Waals surface area contributed by atoms with Gasteiger partial charge in [0.05, 0.1) is 19.5 Å². The molecular weight excluding hydrogens is 204 g/mol. The Kier molecular flexibility index (Phi) is 7.72. The van der Waals surface area contributed by atoms with Crippen molar-refractivity contribution < 1.29 is 9.84 Å². The number of rotatable bonds is 10. The van der Waals surface area contributed by atoms with Crippen LogP contribution < -0.4 is 0 Å². The van der Waals surface area contributed by atoms with E-state index in [1.54, 1.807) is 0 Å². The second-order valence-corrected chi connectivity index (χ2v) is 3.90. The van der Waals surface area contributed by atoms with Crippen LogP contribution in [0, 0.1) is 0 Å². The first-order valence-corrected chi connectivity index (χ1v) is 6.08. The maximum Gasteiger partial charge on any atom is 0.0945 e.